The molecule has 0 atom stereocenters. The monoisotopic (exact) mass is 323 g/mol. The molecule has 116 valence electrons. The maximum Gasteiger partial charge on any atom is 0.177 e. The molecule has 0 N–H and O–H groups in total. The Morgan fingerprint density at radius 3 is 2.13 bits per heavy atom. The van der Waals surface area contributed by atoms with Gasteiger partial charge in [-0.2, -0.15) is 0 Å². The number of sulfone groups is 1. The topological polar surface area (TPSA) is 47.0 Å². The normalized spacial score (nSPS) is 11.4. The number of rotatable bonds is 3. The highest BCUT2D eigenvalue weighted by atomic mass is 32.2. The second-order valence-electron chi connectivity index (χ2n) is 5.54. The van der Waals surface area contributed by atoms with Gasteiger partial charge in [-0.3, -0.25) is 4.98 Å². The molecule has 0 saturated heterocycles. The van der Waals surface area contributed by atoms with Gasteiger partial charge in [-0.1, -0.05) is 54.6 Å². The lowest BCUT2D eigenvalue weighted by Gasteiger charge is -2.13. The molecule has 0 saturated carbocycles. The van der Waals surface area contributed by atoms with E-state index in [4.69, 9.17) is 0 Å². The molecule has 3 nitrogen and oxygen atoms in total. The predicted molar refractivity (Wildman–Crippen MR) is 93.0 cm³/mol. The van der Waals surface area contributed by atoms with Crippen LogP contribution in [0.5, 0.6) is 0 Å². The molecule has 0 bridgehead atoms. The minimum Gasteiger partial charge on any atom is -0.255 e. The lowest BCUT2D eigenvalue weighted by molar-refractivity contribution is 0.601. The largest absolute Gasteiger partial charge is 0.255 e. The highest BCUT2D eigenvalue weighted by Crippen LogP contribution is 2.34. The van der Waals surface area contributed by atoms with E-state index in [9.17, 15) is 8.42 Å². The minimum atomic E-state index is -3.37. The van der Waals surface area contributed by atoms with Gasteiger partial charge in [0.25, 0.3) is 0 Å². The Balaban J connectivity index is 2.30. The first kappa shape index (κ1) is 15.4. The summed E-state index contributed by atoms with van der Waals surface area (Å²) in [6.45, 7) is 1.84. The van der Waals surface area contributed by atoms with Crippen molar-refractivity contribution in [1.29, 1.82) is 0 Å². The van der Waals surface area contributed by atoms with Crippen LogP contribution in [0.15, 0.2) is 71.8 Å². The van der Waals surface area contributed by atoms with E-state index in [0.29, 0.717) is 5.69 Å². The highest BCUT2D eigenvalue weighted by Gasteiger charge is 2.18. The highest BCUT2D eigenvalue weighted by molar-refractivity contribution is 7.90. The van der Waals surface area contributed by atoms with Gasteiger partial charge >= 0.3 is 0 Å². The van der Waals surface area contributed by atoms with Gasteiger partial charge in [-0.25, -0.2) is 8.42 Å². The van der Waals surface area contributed by atoms with Crippen molar-refractivity contribution < 1.29 is 8.42 Å². The lowest BCUT2D eigenvalue weighted by Crippen LogP contribution is -2.03. The first-order chi connectivity index (χ1) is 11.0. The van der Waals surface area contributed by atoms with Crippen LogP contribution >= 0.6 is 0 Å². The van der Waals surface area contributed by atoms with Crippen LogP contribution in [0.3, 0.4) is 0 Å². The molecular formula is C19H17NO2S. The van der Waals surface area contributed by atoms with Crippen LogP contribution in [0.25, 0.3) is 22.4 Å². The van der Waals surface area contributed by atoms with E-state index in [2.05, 4.69) is 4.98 Å². The molecule has 0 unspecified atom stereocenters. The van der Waals surface area contributed by atoms with E-state index in [-0.39, 0.29) is 4.90 Å². The second kappa shape index (κ2) is 5.97. The van der Waals surface area contributed by atoms with Crippen LogP contribution in [0.4, 0.5) is 0 Å². The molecule has 0 aliphatic carbocycles. The van der Waals surface area contributed by atoms with E-state index in [1.165, 1.54) is 6.26 Å². The molecule has 0 amide bonds. The van der Waals surface area contributed by atoms with E-state index in [1.807, 2.05) is 61.5 Å². The van der Waals surface area contributed by atoms with Crippen molar-refractivity contribution in [3.05, 3.63) is 72.4 Å². The van der Waals surface area contributed by atoms with Crippen molar-refractivity contribution in [3.8, 4) is 22.4 Å². The van der Waals surface area contributed by atoms with Crippen LogP contribution < -0.4 is 0 Å². The fraction of sp³-hybridized carbons (Fsp3) is 0.105. The first-order valence-corrected chi connectivity index (χ1v) is 9.17. The number of aryl methyl sites for hydroxylation is 1. The van der Waals surface area contributed by atoms with Crippen molar-refractivity contribution in [2.75, 3.05) is 6.26 Å². The summed E-state index contributed by atoms with van der Waals surface area (Å²) in [5, 5.41) is 0. The second-order valence-corrected chi connectivity index (χ2v) is 7.53. The molecule has 3 aromatic rings. The Morgan fingerprint density at radius 2 is 1.48 bits per heavy atom. The summed E-state index contributed by atoms with van der Waals surface area (Å²) in [4.78, 5) is 4.69. The summed E-state index contributed by atoms with van der Waals surface area (Å²) < 4.78 is 24.4. The molecule has 0 fully saturated rings. The van der Waals surface area contributed by atoms with Crippen molar-refractivity contribution in [2.24, 2.45) is 0 Å². The molecule has 3 rings (SSSR count). The van der Waals surface area contributed by atoms with Crippen molar-refractivity contribution in [2.45, 2.75) is 11.8 Å². The summed E-state index contributed by atoms with van der Waals surface area (Å²) in [7, 11) is -3.37. The van der Waals surface area contributed by atoms with Gasteiger partial charge in [0.1, 0.15) is 0 Å². The molecule has 1 heterocycles. The number of nitrogens with zero attached hydrogens (tertiary/aromatic N) is 1. The summed E-state index contributed by atoms with van der Waals surface area (Å²) in [6.07, 6.45) is 2.92. The van der Waals surface area contributed by atoms with Gasteiger partial charge in [-0.15, -0.1) is 0 Å². The van der Waals surface area contributed by atoms with Gasteiger partial charge in [0.2, 0.25) is 0 Å². The van der Waals surface area contributed by atoms with Crippen molar-refractivity contribution in [3.63, 3.8) is 0 Å². The first-order valence-electron chi connectivity index (χ1n) is 7.28. The van der Waals surface area contributed by atoms with Gasteiger partial charge in [0.15, 0.2) is 9.84 Å². The number of pyridine rings is 1. The fourth-order valence-electron chi connectivity index (χ4n) is 2.59. The molecule has 0 spiro atoms. The molecule has 4 heteroatoms. The molecule has 0 aliphatic heterocycles. The number of hydrogen-bond acceptors (Lipinski definition) is 3. The Hall–Kier alpha value is -2.46. The van der Waals surface area contributed by atoms with Crippen LogP contribution in [0.2, 0.25) is 0 Å². The Labute approximate surface area is 136 Å². The molecular weight excluding hydrogens is 306 g/mol. The van der Waals surface area contributed by atoms with Crippen molar-refractivity contribution >= 4 is 9.84 Å². The standard InChI is InChI=1S/C19H17NO2S/c1-14-12-18(23(2,21)22)19(20-13-14)17-11-7-6-10-16(17)15-8-4-3-5-9-15/h3-13H,1-2H3. The van der Waals surface area contributed by atoms with Crippen LogP contribution in [-0.4, -0.2) is 19.7 Å². The maximum absolute atomic E-state index is 12.2. The number of hydrogen-bond donors (Lipinski definition) is 0. The summed E-state index contributed by atoms with van der Waals surface area (Å²) in [5.41, 5.74) is 4.14. The Bertz CT molecular complexity index is 948. The zero-order chi connectivity index (χ0) is 16.4. The van der Waals surface area contributed by atoms with Gasteiger partial charge in [0.05, 0.1) is 10.6 Å². The third-order valence-electron chi connectivity index (χ3n) is 3.66. The predicted octanol–water partition coefficient (Wildman–Crippen LogP) is 4.13. The Morgan fingerprint density at radius 1 is 0.870 bits per heavy atom. The third kappa shape index (κ3) is 3.17. The van der Waals surface area contributed by atoms with E-state index >= 15 is 0 Å². The summed E-state index contributed by atoms with van der Waals surface area (Å²) in [5.74, 6) is 0. The fourth-order valence-corrected chi connectivity index (χ4v) is 3.50. The maximum atomic E-state index is 12.2. The van der Waals surface area contributed by atoms with E-state index < -0.39 is 9.84 Å². The zero-order valence-corrected chi connectivity index (χ0v) is 13.8. The summed E-state index contributed by atoms with van der Waals surface area (Å²) in [6, 6.07) is 19.3. The third-order valence-corrected chi connectivity index (χ3v) is 4.77. The molecule has 1 aromatic heterocycles. The lowest BCUT2D eigenvalue weighted by atomic mass is 9.97. The van der Waals surface area contributed by atoms with Crippen molar-refractivity contribution in [1.82, 2.24) is 4.98 Å². The van der Waals surface area contributed by atoms with Gasteiger partial charge in [-0.05, 0) is 29.7 Å². The summed E-state index contributed by atoms with van der Waals surface area (Å²) >= 11 is 0. The van der Waals surface area contributed by atoms with E-state index in [1.54, 1.807) is 12.3 Å². The SMILES string of the molecule is Cc1cnc(-c2ccccc2-c2ccccc2)c(S(C)(=O)=O)c1. The van der Waals surface area contributed by atoms with Crippen LogP contribution in [0, 0.1) is 6.92 Å². The van der Waals surface area contributed by atoms with Crippen LogP contribution in [-0.2, 0) is 9.84 Å². The number of aromatic nitrogens is 1. The Kier molecular flexibility index (Phi) is 4.01. The molecule has 23 heavy (non-hydrogen) atoms. The molecule has 0 aliphatic rings. The van der Waals surface area contributed by atoms with E-state index in [0.717, 1.165) is 22.3 Å². The van der Waals surface area contributed by atoms with Crippen LogP contribution in [0.1, 0.15) is 5.56 Å². The number of benzene rings is 2. The quantitative estimate of drug-likeness (QED) is 0.728. The zero-order valence-electron chi connectivity index (χ0n) is 13.0. The average molecular weight is 323 g/mol. The van der Waals surface area contributed by atoms with Gasteiger partial charge in [0, 0.05) is 18.0 Å². The average Bonchev–Trinajstić information content (AvgIpc) is 2.55. The minimum absolute atomic E-state index is 0.265. The molecule has 0 radical (unpaired) electrons. The smallest absolute Gasteiger partial charge is 0.177 e. The van der Waals surface area contributed by atoms with Gasteiger partial charge < -0.3 is 0 Å². The molecule has 2 aromatic carbocycles.